The number of hydrogen-bond acceptors (Lipinski definition) is 1. The summed E-state index contributed by atoms with van der Waals surface area (Å²) < 4.78 is 1.41. The molecule has 0 nitrogen and oxygen atoms in total. The molecular weight excluding hydrogens is 164 g/mol. The molecule has 1 heteroatoms. The molecule has 0 aliphatic heterocycles. The molecule has 1 aromatic heterocycles. The maximum atomic E-state index is 2.30. The van der Waals surface area contributed by atoms with Gasteiger partial charge in [-0.2, -0.15) is 0 Å². The van der Waals surface area contributed by atoms with Crippen molar-refractivity contribution in [3.63, 3.8) is 0 Å². The lowest BCUT2D eigenvalue weighted by atomic mass is 10.2. The van der Waals surface area contributed by atoms with Gasteiger partial charge in [-0.1, -0.05) is 24.6 Å². The molecule has 0 bridgehead atoms. The van der Waals surface area contributed by atoms with Gasteiger partial charge >= 0.3 is 0 Å². The van der Waals surface area contributed by atoms with Gasteiger partial charge in [0.1, 0.15) is 0 Å². The second-order valence-electron chi connectivity index (χ2n) is 3.11. The Morgan fingerprint density at radius 1 is 1.25 bits per heavy atom. The standard InChI is InChI=1S/C11H12S/c1-3-10-7-9-6-8(2)4-5-11(9)12-10/h4-7H,3H2,1-2H3. The van der Waals surface area contributed by atoms with E-state index >= 15 is 0 Å². The van der Waals surface area contributed by atoms with Gasteiger partial charge in [0.2, 0.25) is 0 Å². The summed E-state index contributed by atoms with van der Waals surface area (Å²) in [6.45, 7) is 4.35. The van der Waals surface area contributed by atoms with Crippen LogP contribution in [0.25, 0.3) is 10.1 Å². The van der Waals surface area contributed by atoms with Gasteiger partial charge in [0, 0.05) is 9.58 Å². The van der Waals surface area contributed by atoms with Crippen molar-refractivity contribution in [1.29, 1.82) is 0 Å². The fourth-order valence-electron chi connectivity index (χ4n) is 1.39. The summed E-state index contributed by atoms with van der Waals surface area (Å²) in [5, 5.41) is 1.40. The first-order chi connectivity index (χ1) is 5.79. The quantitative estimate of drug-likeness (QED) is 0.620. The van der Waals surface area contributed by atoms with E-state index in [4.69, 9.17) is 0 Å². The van der Waals surface area contributed by atoms with Gasteiger partial charge in [0.25, 0.3) is 0 Å². The third-order valence-electron chi connectivity index (χ3n) is 2.07. The van der Waals surface area contributed by atoms with E-state index in [2.05, 4.69) is 38.1 Å². The number of rotatable bonds is 1. The van der Waals surface area contributed by atoms with Gasteiger partial charge in [0.05, 0.1) is 0 Å². The van der Waals surface area contributed by atoms with E-state index in [0.717, 1.165) is 6.42 Å². The van der Waals surface area contributed by atoms with Crippen molar-refractivity contribution in [2.75, 3.05) is 0 Å². The maximum absolute atomic E-state index is 2.30. The molecule has 12 heavy (non-hydrogen) atoms. The first-order valence-corrected chi connectivity index (χ1v) is 5.10. The Bertz CT molecular complexity index is 398. The summed E-state index contributed by atoms with van der Waals surface area (Å²) in [5.41, 5.74) is 1.35. The Hall–Kier alpha value is -0.820. The van der Waals surface area contributed by atoms with Crippen molar-refractivity contribution in [2.45, 2.75) is 20.3 Å². The predicted molar refractivity (Wildman–Crippen MR) is 55.9 cm³/mol. The van der Waals surface area contributed by atoms with Crippen LogP contribution >= 0.6 is 11.3 Å². The lowest BCUT2D eigenvalue weighted by Gasteiger charge is -1.89. The molecule has 1 heterocycles. The van der Waals surface area contributed by atoms with Gasteiger partial charge in [-0.05, 0) is 30.9 Å². The lowest BCUT2D eigenvalue weighted by molar-refractivity contribution is 1.19. The highest BCUT2D eigenvalue weighted by molar-refractivity contribution is 7.19. The topological polar surface area (TPSA) is 0 Å². The van der Waals surface area contributed by atoms with Crippen LogP contribution in [0.3, 0.4) is 0 Å². The third-order valence-corrected chi connectivity index (χ3v) is 3.33. The van der Waals surface area contributed by atoms with E-state index in [0.29, 0.717) is 0 Å². The van der Waals surface area contributed by atoms with E-state index in [1.807, 2.05) is 11.3 Å². The molecule has 2 aromatic rings. The van der Waals surface area contributed by atoms with E-state index < -0.39 is 0 Å². The maximum Gasteiger partial charge on any atom is 0.0345 e. The highest BCUT2D eigenvalue weighted by atomic mass is 32.1. The highest BCUT2D eigenvalue weighted by Gasteiger charge is 1.98. The second-order valence-corrected chi connectivity index (χ2v) is 4.28. The first kappa shape index (κ1) is 7.81. The van der Waals surface area contributed by atoms with Crippen LogP contribution < -0.4 is 0 Å². The summed E-state index contributed by atoms with van der Waals surface area (Å²) in [7, 11) is 0. The fraction of sp³-hybridized carbons (Fsp3) is 0.273. The normalized spacial score (nSPS) is 10.8. The summed E-state index contributed by atoms with van der Waals surface area (Å²) in [4.78, 5) is 1.48. The van der Waals surface area contributed by atoms with Crippen LogP contribution in [0.5, 0.6) is 0 Å². The van der Waals surface area contributed by atoms with Crippen LogP contribution in [0.15, 0.2) is 24.3 Å². The van der Waals surface area contributed by atoms with Crippen molar-refractivity contribution in [1.82, 2.24) is 0 Å². The zero-order valence-electron chi connectivity index (χ0n) is 7.42. The van der Waals surface area contributed by atoms with Crippen LogP contribution in [-0.2, 0) is 6.42 Å². The summed E-state index contributed by atoms with van der Waals surface area (Å²) >= 11 is 1.91. The molecule has 0 aliphatic rings. The van der Waals surface area contributed by atoms with Crippen LogP contribution in [0.2, 0.25) is 0 Å². The van der Waals surface area contributed by atoms with Crippen molar-refractivity contribution < 1.29 is 0 Å². The van der Waals surface area contributed by atoms with Gasteiger partial charge < -0.3 is 0 Å². The molecule has 0 saturated heterocycles. The van der Waals surface area contributed by atoms with Crippen molar-refractivity contribution in [3.05, 3.63) is 34.7 Å². The van der Waals surface area contributed by atoms with Crippen molar-refractivity contribution in [3.8, 4) is 0 Å². The SMILES string of the molecule is CCc1cc2cc(C)ccc2s1. The van der Waals surface area contributed by atoms with E-state index in [1.54, 1.807) is 0 Å². The van der Waals surface area contributed by atoms with E-state index in [-0.39, 0.29) is 0 Å². The first-order valence-electron chi connectivity index (χ1n) is 4.28. The molecule has 0 fully saturated rings. The number of thiophene rings is 1. The Morgan fingerprint density at radius 3 is 2.83 bits per heavy atom. The zero-order valence-corrected chi connectivity index (χ0v) is 8.24. The number of benzene rings is 1. The smallest absolute Gasteiger partial charge is 0.0345 e. The minimum Gasteiger partial charge on any atom is -0.140 e. The Balaban J connectivity index is 2.67. The molecule has 2 rings (SSSR count). The zero-order chi connectivity index (χ0) is 8.55. The third kappa shape index (κ3) is 1.25. The summed E-state index contributed by atoms with van der Waals surface area (Å²) in [5.74, 6) is 0. The molecule has 62 valence electrons. The average Bonchev–Trinajstić information content (AvgIpc) is 2.46. The lowest BCUT2D eigenvalue weighted by Crippen LogP contribution is -1.68. The number of fused-ring (bicyclic) bond motifs is 1. The fourth-order valence-corrected chi connectivity index (χ4v) is 2.38. The van der Waals surface area contributed by atoms with E-state index in [1.165, 1.54) is 20.5 Å². The van der Waals surface area contributed by atoms with Crippen molar-refractivity contribution >= 4 is 21.4 Å². The molecule has 0 aliphatic carbocycles. The summed E-state index contributed by atoms with van der Waals surface area (Å²) in [6.07, 6.45) is 1.15. The average molecular weight is 176 g/mol. The van der Waals surface area contributed by atoms with E-state index in [9.17, 15) is 0 Å². The largest absolute Gasteiger partial charge is 0.140 e. The van der Waals surface area contributed by atoms with Gasteiger partial charge in [0.15, 0.2) is 0 Å². The second kappa shape index (κ2) is 2.91. The molecule has 1 aromatic carbocycles. The molecule has 0 N–H and O–H groups in total. The number of hydrogen-bond donors (Lipinski definition) is 0. The van der Waals surface area contributed by atoms with Gasteiger partial charge in [-0.15, -0.1) is 11.3 Å². The Kier molecular flexibility index (Phi) is 1.89. The molecule has 0 spiro atoms. The minimum absolute atomic E-state index is 1.15. The van der Waals surface area contributed by atoms with Crippen molar-refractivity contribution in [2.24, 2.45) is 0 Å². The van der Waals surface area contributed by atoms with Crippen LogP contribution in [-0.4, -0.2) is 0 Å². The van der Waals surface area contributed by atoms with Gasteiger partial charge in [-0.3, -0.25) is 0 Å². The van der Waals surface area contributed by atoms with Crippen LogP contribution in [0.1, 0.15) is 17.4 Å². The minimum atomic E-state index is 1.15. The molecule has 0 amide bonds. The molecule has 0 atom stereocenters. The molecule has 0 saturated carbocycles. The molecule has 0 unspecified atom stereocenters. The summed E-state index contributed by atoms with van der Waals surface area (Å²) in [6, 6.07) is 8.95. The van der Waals surface area contributed by atoms with Gasteiger partial charge in [-0.25, -0.2) is 0 Å². The Morgan fingerprint density at radius 2 is 2.08 bits per heavy atom. The highest BCUT2D eigenvalue weighted by Crippen LogP contribution is 2.26. The van der Waals surface area contributed by atoms with Crippen LogP contribution in [0, 0.1) is 6.92 Å². The molecule has 0 radical (unpaired) electrons. The molecular formula is C11H12S. The predicted octanol–water partition coefficient (Wildman–Crippen LogP) is 3.77. The Labute approximate surface area is 76.8 Å². The number of aryl methyl sites for hydroxylation is 2. The van der Waals surface area contributed by atoms with Crippen LogP contribution in [0.4, 0.5) is 0 Å². The monoisotopic (exact) mass is 176 g/mol.